The number of alkyl halides is 2. The fourth-order valence-corrected chi connectivity index (χ4v) is 1.46. The van der Waals surface area contributed by atoms with E-state index >= 15 is 0 Å². The van der Waals surface area contributed by atoms with Gasteiger partial charge < -0.3 is 9.84 Å². The zero-order valence-corrected chi connectivity index (χ0v) is 10.3. The molecule has 0 aromatic heterocycles. The Labute approximate surface area is 109 Å². The third-order valence-corrected chi connectivity index (χ3v) is 2.44. The average molecular weight is 272 g/mol. The van der Waals surface area contributed by atoms with Gasteiger partial charge in [0.2, 0.25) is 5.78 Å². The normalized spacial score (nSPS) is 12.8. The molecule has 0 aliphatic heterocycles. The Balaban J connectivity index is 2.79. The highest BCUT2D eigenvalue weighted by Crippen LogP contribution is 2.32. The summed E-state index contributed by atoms with van der Waals surface area (Å²) >= 11 is 0. The van der Waals surface area contributed by atoms with E-state index in [0.29, 0.717) is 0 Å². The van der Waals surface area contributed by atoms with Crippen molar-refractivity contribution in [3.63, 3.8) is 0 Å². The first-order chi connectivity index (χ1) is 8.89. The second-order valence-corrected chi connectivity index (χ2v) is 3.84. The van der Waals surface area contributed by atoms with Crippen LogP contribution >= 0.6 is 0 Å². The van der Waals surface area contributed by atoms with Crippen LogP contribution in [0.5, 0.6) is 0 Å². The number of carbonyl (C=O) groups is 2. The minimum atomic E-state index is -4.03. The molecule has 0 fully saturated rings. The lowest BCUT2D eigenvalue weighted by molar-refractivity contribution is -0.166. The van der Waals surface area contributed by atoms with E-state index in [1.54, 1.807) is 6.07 Å². The molecule has 0 amide bonds. The minimum absolute atomic E-state index is 0.00107. The molecule has 0 aliphatic rings. The van der Waals surface area contributed by atoms with E-state index in [1.165, 1.54) is 31.2 Å². The zero-order chi connectivity index (χ0) is 14.5. The van der Waals surface area contributed by atoms with Gasteiger partial charge in [0.25, 0.3) is 0 Å². The molecule has 0 aliphatic carbocycles. The van der Waals surface area contributed by atoms with Crippen LogP contribution < -0.4 is 0 Å². The predicted octanol–water partition coefficient (Wildman–Crippen LogP) is 1.88. The highest BCUT2D eigenvalue weighted by molar-refractivity contribution is 5.99. The Morgan fingerprint density at radius 2 is 1.89 bits per heavy atom. The summed E-state index contributed by atoms with van der Waals surface area (Å²) < 4.78 is 31.8. The molecule has 19 heavy (non-hydrogen) atoms. The first kappa shape index (κ1) is 15.2. The maximum atomic E-state index is 13.7. The van der Waals surface area contributed by atoms with Crippen molar-refractivity contribution in [3.05, 3.63) is 35.9 Å². The van der Waals surface area contributed by atoms with Gasteiger partial charge in [-0.25, -0.2) is 0 Å². The van der Waals surface area contributed by atoms with E-state index in [0.717, 1.165) is 0 Å². The Morgan fingerprint density at radius 3 is 2.42 bits per heavy atom. The number of aliphatic hydroxyl groups excluding tert-OH is 1. The summed E-state index contributed by atoms with van der Waals surface area (Å²) in [5.74, 6) is -6.73. The minimum Gasteiger partial charge on any atom is -0.466 e. The molecular formula is C13H14F2O4. The monoisotopic (exact) mass is 272 g/mol. The van der Waals surface area contributed by atoms with E-state index in [9.17, 15) is 23.5 Å². The van der Waals surface area contributed by atoms with Crippen molar-refractivity contribution in [2.24, 2.45) is 0 Å². The third kappa shape index (κ3) is 3.82. The van der Waals surface area contributed by atoms with Crippen molar-refractivity contribution < 1.29 is 28.2 Å². The van der Waals surface area contributed by atoms with Crippen molar-refractivity contribution in [2.75, 3.05) is 6.61 Å². The fraction of sp³-hybridized carbons (Fsp3) is 0.385. The Bertz CT molecular complexity index is 445. The van der Waals surface area contributed by atoms with Crippen LogP contribution in [0.25, 0.3) is 0 Å². The number of halogens is 2. The number of ether oxygens (including phenoxy) is 1. The second-order valence-electron chi connectivity index (χ2n) is 3.84. The number of benzene rings is 1. The largest absolute Gasteiger partial charge is 0.466 e. The number of hydrogen-bond acceptors (Lipinski definition) is 4. The van der Waals surface area contributed by atoms with Crippen LogP contribution in [-0.4, -0.2) is 29.4 Å². The van der Waals surface area contributed by atoms with Gasteiger partial charge in [0, 0.05) is 0 Å². The van der Waals surface area contributed by atoms with Gasteiger partial charge >= 0.3 is 11.9 Å². The van der Waals surface area contributed by atoms with Crippen molar-refractivity contribution in [1.82, 2.24) is 0 Å². The number of aliphatic hydroxyl groups is 1. The van der Waals surface area contributed by atoms with Crippen molar-refractivity contribution in [3.8, 4) is 0 Å². The molecule has 1 unspecified atom stereocenters. The van der Waals surface area contributed by atoms with Crippen molar-refractivity contribution in [1.29, 1.82) is 0 Å². The van der Waals surface area contributed by atoms with Crippen LogP contribution in [0.2, 0.25) is 0 Å². The zero-order valence-electron chi connectivity index (χ0n) is 10.3. The Morgan fingerprint density at radius 1 is 1.32 bits per heavy atom. The molecule has 1 rings (SSSR count). The van der Waals surface area contributed by atoms with Gasteiger partial charge in [-0.1, -0.05) is 30.3 Å². The SMILES string of the molecule is CCOC(=O)CC(=O)C(F)(F)C(O)c1ccccc1. The standard InChI is InChI=1S/C13H14F2O4/c1-2-19-11(17)8-10(16)13(14,15)12(18)9-6-4-3-5-7-9/h3-7,12,18H,2,8H2,1H3. The molecule has 1 N–H and O–H groups in total. The smallest absolute Gasteiger partial charge is 0.335 e. The molecule has 6 heteroatoms. The number of esters is 1. The molecule has 0 spiro atoms. The summed E-state index contributed by atoms with van der Waals surface area (Å²) in [6.07, 6.45) is -3.35. The molecule has 0 bridgehead atoms. The van der Waals surface area contributed by atoms with Gasteiger partial charge in [-0.05, 0) is 12.5 Å². The van der Waals surface area contributed by atoms with E-state index in [4.69, 9.17) is 0 Å². The van der Waals surface area contributed by atoms with Crippen molar-refractivity contribution in [2.45, 2.75) is 25.4 Å². The van der Waals surface area contributed by atoms with Gasteiger partial charge in [-0.15, -0.1) is 0 Å². The van der Waals surface area contributed by atoms with Crippen LogP contribution in [0.3, 0.4) is 0 Å². The fourth-order valence-electron chi connectivity index (χ4n) is 1.46. The molecule has 0 heterocycles. The van der Waals surface area contributed by atoms with Gasteiger partial charge in [0.05, 0.1) is 6.61 Å². The maximum absolute atomic E-state index is 13.7. The number of hydrogen-bond donors (Lipinski definition) is 1. The molecule has 0 saturated heterocycles. The Kier molecular flexibility index (Phi) is 5.11. The highest BCUT2D eigenvalue weighted by Gasteiger charge is 2.47. The average Bonchev–Trinajstić information content (AvgIpc) is 2.39. The van der Waals surface area contributed by atoms with Crippen LogP contribution in [0.15, 0.2) is 30.3 Å². The summed E-state index contributed by atoms with van der Waals surface area (Å²) in [6.45, 7) is 1.50. The lowest BCUT2D eigenvalue weighted by Gasteiger charge is -2.21. The molecule has 1 aromatic carbocycles. The Hall–Kier alpha value is -1.82. The quantitative estimate of drug-likeness (QED) is 0.634. The molecule has 1 atom stereocenters. The first-order valence-electron chi connectivity index (χ1n) is 5.69. The molecule has 4 nitrogen and oxygen atoms in total. The lowest BCUT2D eigenvalue weighted by Crippen LogP contribution is -2.37. The highest BCUT2D eigenvalue weighted by atomic mass is 19.3. The third-order valence-electron chi connectivity index (χ3n) is 2.44. The van der Waals surface area contributed by atoms with E-state index in [2.05, 4.69) is 4.74 Å². The van der Waals surface area contributed by atoms with Crippen LogP contribution in [0.4, 0.5) is 8.78 Å². The lowest BCUT2D eigenvalue weighted by atomic mass is 9.99. The van der Waals surface area contributed by atoms with Crippen LogP contribution in [0.1, 0.15) is 25.0 Å². The van der Waals surface area contributed by atoms with Gasteiger partial charge in [-0.3, -0.25) is 9.59 Å². The summed E-state index contributed by atoms with van der Waals surface area (Å²) in [4.78, 5) is 22.4. The van der Waals surface area contributed by atoms with E-state index in [-0.39, 0.29) is 12.2 Å². The van der Waals surface area contributed by atoms with E-state index < -0.39 is 30.2 Å². The van der Waals surface area contributed by atoms with Gasteiger partial charge in [0.1, 0.15) is 12.5 Å². The second kappa shape index (κ2) is 6.38. The number of Topliss-reactive ketones (excluding diaryl/α,β-unsaturated/α-hetero) is 1. The summed E-state index contributed by atoms with van der Waals surface area (Å²) in [6, 6.07) is 7.07. The molecule has 104 valence electrons. The van der Waals surface area contributed by atoms with Crippen molar-refractivity contribution >= 4 is 11.8 Å². The number of rotatable bonds is 6. The maximum Gasteiger partial charge on any atom is 0.335 e. The summed E-state index contributed by atoms with van der Waals surface area (Å²) in [5.41, 5.74) is -0.0929. The molecule has 0 saturated carbocycles. The van der Waals surface area contributed by atoms with Crippen LogP contribution in [-0.2, 0) is 14.3 Å². The summed E-state index contributed by atoms with van der Waals surface area (Å²) in [5, 5.41) is 9.54. The van der Waals surface area contributed by atoms with Gasteiger partial charge in [0.15, 0.2) is 0 Å². The predicted molar refractivity (Wildman–Crippen MR) is 62.6 cm³/mol. The van der Waals surface area contributed by atoms with E-state index in [1.807, 2.05) is 0 Å². The number of ketones is 1. The summed E-state index contributed by atoms with van der Waals surface area (Å²) in [7, 11) is 0. The molecular weight excluding hydrogens is 258 g/mol. The molecule has 1 aromatic rings. The first-order valence-corrected chi connectivity index (χ1v) is 5.69. The van der Waals surface area contributed by atoms with Gasteiger partial charge in [-0.2, -0.15) is 8.78 Å². The topological polar surface area (TPSA) is 63.6 Å². The molecule has 0 radical (unpaired) electrons. The van der Waals surface area contributed by atoms with Crippen LogP contribution in [0, 0.1) is 0 Å². The number of carbonyl (C=O) groups excluding carboxylic acids is 2.